The molecule has 0 bridgehead atoms. The molecule has 0 aliphatic heterocycles. The van der Waals surface area contributed by atoms with Gasteiger partial charge in [0.05, 0.1) is 27.0 Å². The van der Waals surface area contributed by atoms with E-state index >= 15 is 0 Å². The lowest BCUT2D eigenvalue weighted by atomic mass is 10.2. The monoisotopic (exact) mass is 327 g/mol. The van der Waals surface area contributed by atoms with Crippen LogP contribution in [0.4, 0.5) is 5.69 Å². The number of carbonyl (C=O) groups is 1. The number of hydrazone groups is 1. The lowest BCUT2D eigenvalue weighted by Crippen LogP contribution is -2.25. The minimum atomic E-state index is -0.237. The molecule has 0 saturated carbocycles. The van der Waals surface area contributed by atoms with Gasteiger partial charge < -0.3 is 14.8 Å². The van der Waals surface area contributed by atoms with Gasteiger partial charge in [0.1, 0.15) is 11.5 Å². The van der Waals surface area contributed by atoms with Crippen LogP contribution in [0, 0.1) is 6.92 Å². The van der Waals surface area contributed by atoms with Crippen molar-refractivity contribution < 1.29 is 14.3 Å². The van der Waals surface area contributed by atoms with Gasteiger partial charge in [-0.2, -0.15) is 5.10 Å². The van der Waals surface area contributed by atoms with E-state index < -0.39 is 0 Å². The second-order valence-corrected chi connectivity index (χ2v) is 5.12. The SMILES string of the molecule is COc1ccc(/C=N/NC(=O)CNc2ccc(C)cc2)c(OC)c1. The molecule has 0 radical (unpaired) electrons. The van der Waals surface area contributed by atoms with E-state index in [1.807, 2.05) is 31.2 Å². The number of hydrogen-bond donors (Lipinski definition) is 2. The standard InChI is InChI=1S/C18H21N3O3/c1-13-4-7-15(8-5-13)19-12-18(22)21-20-11-14-6-9-16(23-2)10-17(14)24-3/h4-11,19H,12H2,1-3H3,(H,21,22)/b20-11+. The first-order valence-electron chi connectivity index (χ1n) is 7.47. The Labute approximate surface area is 141 Å². The maximum Gasteiger partial charge on any atom is 0.259 e. The molecule has 0 aromatic heterocycles. The molecule has 24 heavy (non-hydrogen) atoms. The zero-order chi connectivity index (χ0) is 17.4. The van der Waals surface area contributed by atoms with Crippen LogP contribution in [-0.2, 0) is 4.79 Å². The summed E-state index contributed by atoms with van der Waals surface area (Å²) in [6, 6.07) is 13.2. The number of aryl methyl sites for hydroxylation is 1. The number of methoxy groups -OCH3 is 2. The van der Waals surface area contributed by atoms with E-state index in [1.54, 1.807) is 32.4 Å². The van der Waals surface area contributed by atoms with Gasteiger partial charge in [-0.1, -0.05) is 17.7 Å². The van der Waals surface area contributed by atoms with Crippen molar-refractivity contribution >= 4 is 17.8 Å². The zero-order valence-electron chi connectivity index (χ0n) is 14.0. The highest BCUT2D eigenvalue weighted by Gasteiger charge is 2.03. The van der Waals surface area contributed by atoms with Crippen molar-refractivity contribution in [2.24, 2.45) is 5.10 Å². The molecule has 0 fully saturated rings. The number of benzene rings is 2. The molecule has 2 aromatic rings. The van der Waals surface area contributed by atoms with Crippen LogP contribution in [0.3, 0.4) is 0 Å². The van der Waals surface area contributed by atoms with E-state index in [9.17, 15) is 4.79 Å². The van der Waals surface area contributed by atoms with Crippen molar-refractivity contribution in [3.63, 3.8) is 0 Å². The van der Waals surface area contributed by atoms with Crippen molar-refractivity contribution in [1.29, 1.82) is 0 Å². The third-order valence-electron chi connectivity index (χ3n) is 3.34. The molecule has 0 heterocycles. The lowest BCUT2D eigenvalue weighted by Gasteiger charge is -2.07. The highest BCUT2D eigenvalue weighted by molar-refractivity contribution is 5.86. The molecule has 0 spiro atoms. The molecule has 1 amide bonds. The van der Waals surface area contributed by atoms with Crippen LogP contribution in [0.25, 0.3) is 0 Å². The molecule has 0 saturated heterocycles. The Bertz CT molecular complexity index is 712. The maximum atomic E-state index is 11.8. The molecular formula is C18H21N3O3. The van der Waals surface area contributed by atoms with E-state index in [4.69, 9.17) is 9.47 Å². The number of rotatable bonds is 7. The smallest absolute Gasteiger partial charge is 0.259 e. The highest BCUT2D eigenvalue weighted by Crippen LogP contribution is 2.22. The van der Waals surface area contributed by atoms with Crippen LogP contribution in [0.15, 0.2) is 47.6 Å². The molecule has 2 aromatic carbocycles. The van der Waals surface area contributed by atoms with Crippen molar-refractivity contribution in [3.8, 4) is 11.5 Å². The minimum Gasteiger partial charge on any atom is -0.497 e. The summed E-state index contributed by atoms with van der Waals surface area (Å²) in [6.07, 6.45) is 1.53. The summed E-state index contributed by atoms with van der Waals surface area (Å²) < 4.78 is 10.4. The summed E-state index contributed by atoms with van der Waals surface area (Å²) in [5.41, 5.74) is 5.27. The van der Waals surface area contributed by atoms with Gasteiger partial charge in [0.15, 0.2) is 0 Å². The zero-order valence-corrected chi connectivity index (χ0v) is 14.0. The molecule has 0 unspecified atom stereocenters. The van der Waals surface area contributed by atoms with Gasteiger partial charge in [-0.15, -0.1) is 0 Å². The molecule has 0 aliphatic rings. The molecular weight excluding hydrogens is 306 g/mol. The number of nitrogens with one attached hydrogen (secondary N) is 2. The molecule has 0 atom stereocenters. The molecule has 2 rings (SSSR count). The Morgan fingerprint density at radius 2 is 1.88 bits per heavy atom. The van der Waals surface area contributed by atoms with Gasteiger partial charge >= 0.3 is 0 Å². The fourth-order valence-electron chi connectivity index (χ4n) is 1.99. The van der Waals surface area contributed by atoms with E-state index in [2.05, 4.69) is 15.8 Å². The number of anilines is 1. The Morgan fingerprint density at radius 3 is 2.54 bits per heavy atom. The first-order valence-corrected chi connectivity index (χ1v) is 7.47. The van der Waals surface area contributed by atoms with Crippen molar-refractivity contribution in [2.45, 2.75) is 6.92 Å². The van der Waals surface area contributed by atoms with Crippen molar-refractivity contribution in [2.75, 3.05) is 26.1 Å². The molecule has 2 N–H and O–H groups in total. The van der Waals surface area contributed by atoms with Crippen LogP contribution in [-0.4, -0.2) is 32.9 Å². The topological polar surface area (TPSA) is 72.0 Å². The number of amides is 1. The van der Waals surface area contributed by atoms with Gasteiger partial charge in [0.2, 0.25) is 0 Å². The highest BCUT2D eigenvalue weighted by atomic mass is 16.5. The maximum absolute atomic E-state index is 11.8. The third kappa shape index (κ3) is 5.01. The Morgan fingerprint density at radius 1 is 1.12 bits per heavy atom. The van der Waals surface area contributed by atoms with Crippen molar-refractivity contribution in [1.82, 2.24) is 5.43 Å². The summed E-state index contributed by atoms with van der Waals surface area (Å²) >= 11 is 0. The fourth-order valence-corrected chi connectivity index (χ4v) is 1.99. The first-order chi connectivity index (χ1) is 11.6. The Balaban J connectivity index is 1.86. The summed E-state index contributed by atoms with van der Waals surface area (Å²) in [6.45, 7) is 2.15. The van der Waals surface area contributed by atoms with E-state index in [1.165, 1.54) is 11.8 Å². The Hall–Kier alpha value is -3.02. The van der Waals surface area contributed by atoms with E-state index in [0.29, 0.717) is 11.5 Å². The van der Waals surface area contributed by atoms with E-state index in [-0.39, 0.29) is 12.5 Å². The van der Waals surface area contributed by atoms with Crippen molar-refractivity contribution in [3.05, 3.63) is 53.6 Å². The number of hydrogen-bond acceptors (Lipinski definition) is 5. The quantitative estimate of drug-likeness (QED) is 0.606. The largest absolute Gasteiger partial charge is 0.497 e. The van der Waals surface area contributed by atoms with Crippen LogP contribution in [0.5, 0.6) is 11.5 Å². The van der Waals surface area contributed by atoms with Gasteiger partial charge in [0.25, 0.3) is 5.91 Å². The van der Waals surface area contributed by atoms with Gasteiger partial charge in [-0.05, 0) is 31.2 Å². The predicted octanol–water partition coefficient (Wildman–Crippen LogP) is 2.57. The number of carbonyl (C=O) groups excluding carboxylic acids is 1. The summed E-state index contributed by atoms with van der Waals surface area (Å²) in [5.74, 6) is 1.07. The summed E-state index contributed by atoms with van der Waals surface area (Å²) in [5, 5.41) is 6.98. The number of ether oxygens (including phenoxy) is 2. The molecule has 6 nitrogen and oxygen atoms in total. The lowest BCUT2D eigenvalue weighted by molar-refractivity contribution is -0.119. The molecule has 126 valence electrons. The average molecular weight is 327 g/mol. The second kappa shape index (κ2) is 8.57. The van der Waals surface area contributed by atoms with Crippen LogP contribution in [0.2, 0.25) is 0 Å². The third-order valence-corrected chi connectivity index (χ3v) is 3.34. The van der Waals surface area contributed by atoms with E-state index in [0.717, 1.165) is 11.3 Å². The average Bonchev–Trinajstić information content (AvgIpc) is 2.61. The minimum absolute atomic E-state index is 0.139. The normalized spacial score (nSPS) is 10.5. The first kappa shape index (κ1) is 17.3. The van der Waals surface area contributed by atoms with Gasteiger partial charge in [-0.25, -0.2) is 5.43 Å². The summed E-state index contributed by atoms with van der Waals surface area (Å²) in [4.78, 5) is 11.8. The van der Waals surface area contributed by atoms with Crippen LogP contribution in [0.1, 0.15) is 11.1 Å². The van der Waals surface area contributed by atoms with Gasteiger partial charge in [0, 0.05) is 17.3 Å². The van der Waals surface area contributed by atoms with Crippen LogP contribution < -0.4 is 20.2 Å². The summed E-state index contributed by atoms with van der Waals surface area (Å²) in [7, 11) is 3.15. The number of nitrogens with zero attached hydrogens (tertiary/aromatic N) is 1. The van der Waals surface area contributed by atoms with Gasteiger partial charge in [-0.3, -0.25) is 4.79 Å². The molecule has 6 heteroatoms. The van der Waals surface area contributed by atoms with Crippen LogP contribution >= 0.6 is 0 Å². The Kier molecular flexibility index (Phi) is 6.19. The second-order valence-electron chi connectivity index (χ2n) is 5.12. The molecule has 0 aliphatic carbocycles. The fraction of sp³-hybridized carbons (Fsp3) is 0.222. The predicted molar refractivity (Wildman–Crippen MR) is 95.0 cm³/mol.